The molecule has 0 aromatic heterocycles. The molecule has 3 aliphatic heterocycles. The summed E-state index contributed by atoms with van der Waals surface area (Å²) >= 11 is 0. The molecule has 3 heterocycles. The highest BCUT2D eigenvalue weighted by molar-refractivity contribution is 5.80. The van der Waals surface area contributed by atoms with E-state index in [9.17, 15) is 4.39 Å². The largest absolute Gasteiger partial charge is 0.387 e. The van der Waals surface area contributed by atoms with Gasteiger partial charge >= 0.3 is 0 Å². The summed E-state index contributed by atoms with van der Waals surface area (Å²) in [6.45, 7) is 5.34. The molecule has 2 aromatic carbocycles. The summed E-state index contributed by atoms with van der Waals surface area (Å²) in [7, 11) is 0. The molecule has 0 bridgehead atoms. The Balaban J connectivity index is 1.43. The molecular formula is C27H28FN3O. The molecule has 5 heteroatoms. The molecule has 0 aliphatic carbocycles. The summed E-state index contributed by atoms with van der Waals surface area (Å²) in [5.74, 6) is 2.60. The van der Waals surface area contributed by atoms with Crippen molar-refractivity contribution in [3.63, 3.8) is 0 Å². The number of rotatable bonds is 5. The Morgan fingerprint density at radius 1 is 1.19 bits per heavy atom. The van der Waals surface area contributed by atoms with Crippen LogP contribution in [0.1, 0.15) is 11.1 Å². The number of allylic oxidation sites excluding steroid dienone is 2. The standard InChI is InChI=1S/C27H28FN3O/c1-2-20-6-7-21(14-26(20)28)25-13-19(12-24-16-30-10-11-32-24)5-8-27(25)31-17-23(18-31)22-4-3-9-29-15-22/h1,3-9,13-14,23-24,29-30H,10-12,15-18H2. The Kier molecular flexibility index (Phi) is 5.98. The number of terminal acetylenes is 1. The van der Waals surface area contributed by atoms with Crippen LogP contribution in [0.3, 0.4) is 0 Å². The van der Waals surface area contributed by atoms with Gasteiger partial charge in [-0.25, -0.2) is 4.39 Å². The van der Waals surface area contributed by atoms with Crippen molar-refractivity contribution in [3.05, 3.63) is 77.3 Å². The zero-order valence-corrected chi connectivity index (χ0v) is 18.1. The minimum absolute atomic E-state index is 0.162. The molecule has 5 rings (SSSR count). The SMILES string of the molecule is C#Cc1ccc(-c2cc(CC3CNCCO3)ccc2N2CC(C3=CC=CNC3)C2)cc1F. The first-order valence-electron chi connectivity index (χ1n) is 11.3. The van der Waals surface area contributed by atoms with Crippen molar-refractivity contribution >= 4 is 5.69 Å². The molecule has 0 radical (unpaired) electrons. The van der Waals surface area contributed by atoms with Gasteiger partial charge in [0.05, 0.1) is 18.3 Å². The second-order valence-corrected chi connectivity index (χ2v) is 8.68. The van der Waals surface area contributed by atoms with E-state index < -0.39 is 0 Å². The van der Waals surface area contributed by atoms with Crippen molar-refractivity contribution in [2.75, 3.05) is 44.2 Å². The normalized spacial score (nSPS) is 20.8. The van der Waals surface area contributed by atoms with Gasteiger partial charge in [-0.05, 0) is 59.7 Å². The van der Waals surface area contributed by atoms with E-state index in [1.165, 1.54) is 11.1 Å². The first kappa shape index (κ1) is 20.8. The fraction of sp³-hybridized carbons (Fsp3) is 0.333. The second-order valence-electron chi connectivity index (χ2n) is 8.68. The number of halogens is 1. The second kappa shape index (κ2) is 9.20. The third-order valence-corrected chi connectivity index (χ3v) is 6.54. The fourth-order valence-electron chi connectivity index (χ4n) is 4.70. The predicted octanol–water partition coefficient (Wildman–Crippen LogP) is 3.48. The van der Waals surface area contributed by atoms with E-state index in [1.807, 2.05) is 12.3 Å². The molecule has 32 heavy (non-hydrogen) atoms. The van der Waals surface area contributed by atoms with E-state index in [-0.39, 0.29) is 11.9 Å². The lowest BCUT2D eigenvalue weighted by molar-refractivity contribution is 0.0292. The number of morpholine rings is 1. The van der Waals surface area contributed by atoms with Gasteiger partial charge in [0.2, 0.25) is 0 Å². The van der Waals surface area contributed by atoms with Gasteiger partial charge in [-0.1, -0.05) is 24.1 Å². The van der Waals surface area contributed by atoms with Gasteiger partial charge in [-0.2, -0.15) is 0 Å². The van der Waals surface area contributed by atoms with Gasteiger partial charge in [-0.3, -0.25) is 0 Å². The molecule has 2 saturated heterocycles. The van der Waals surface area contributed by atoms with Crippen molar-refractivity contribution in [1.29, 1.82) is 0 Å². The fourth-order valence-corrected chi connectivity index (χ4v) is 4.70. The highest BCUT2D eigenvalue weighted by Gasteiger charge is 2.31. The van der Waals surface area contributed by atoms with E-state index in [1.54, 1.807) is 12.1 Å². The van der Waals surface area contributed by atoms with Crippen molar-refractivity contribution in [2.45, 2.75) is 12.5 Å². The van der Waals surface area contributed by atoms with Crippen LogP contribution in [0.25, 0.3) is 11.1 Å². The van der Waals surface area contributed by atoms with E-state index in [2.05, 4.69) is 51.8 Å². The summed E-state index contributed by atoms with van der Waals surface area (Å²) in [6, 6.07) is 11.7. The van der Waals surface area contributed by atoms with Crippen LogP contribution in [-0.4, -0.2) is 45.4 Å². The van der Waals surface area contributed by atoms with Crippen molar-refractivity contribution in [3.8, 4) is 23.5 Å². The molecule has 2 N–H and O–H groups in total. The topological polar surface area (TPSA) is 36.5 Å². The van der Waals surface area contributed by atoms with Crippen molar-refractivity contribution in [2.24, 2.45) is 5.92 Å². The van der Waals surface area contributed by atoms with E-state index in [0.717, 1.165) is 62.6 Å². The molecule has 1 atom stereocenters. The van der Waals surface area contributed by atoms with Gasteiger partial charge in [-0.15, -0.1) is 6.42 Å². The Morgan fingerprint density at radius 2 is 2.09 bits per heavy atom. The molecule has 0 saturated carbocycles. The Hall–Kier alpha value is -3.07. The summed E-state index contributed by atoms with van der Waals surface area (Å²) < 4.78 is 20.4. The number of ether oxygens (including phenoxy) is 1. The molecule has 1 unspecified atom stereocenters. The lowest BCUT2D eigenvalue weighted by atomic mass is 9.87. The number of hydrogen-bond acceptors (Lipinski definition) is 4. The number of anilines is 1. The average molecular weight is 430 g/mol. The van der Waals surface area contributed by atoms with Crippen LogP contribution in [0.5, 0.6) is 0 Å². The van der Waals surface area contributed by atoms with Crippen molar-refractivity contribution in [1.82, 2.24) is 10.6 Å². The quantitative estimate of drug-likeness (QED) is 0.714. The maximum atomic E-state index is 14.5. The molecule has 2 fully saturated rings. The lowest BCUT2D eigenvalue weighted by Gasteiger charge is -2.43. The summed E-state index contributed by atoms with van der Waals surface area (Å²) in [5, 5.41) is 6.69. The van der Waals surface area contributed by atoms with Gasteiger partial charge in [0, 0.05) is 49.9 Å². The predicted molar refractivity (Wildman–Crippen MR) is 127 cm³/mol. The third-order valence-electron chi connectivity index (χ3n) is 6.54. The first-order valence-corrected chi connectivity index (χ1v) is 11.3. The average Bonchev–Trinajstić information content (AvgIpc) is 2.80. The molecule has 4 nitrogen and oxygen atoms in total. The highest BCUT2D eigenvalue weighted by atomic mass is 19.1. The van der Waals surface area contributed by atoms with Crippen LogP contribution >= 0.6 is 0 Å². The van der Waals surface area contributed by atoms with E-state index in [4.69, 9.17) is 11.2 Å². The molecule has 3 aliphatic rings. The highest BCUT2D eigenvalue weighted by Crippen LogP contribution is 2.38. The van der Waals surface area contributed by atoms with Crippen LogP contribution in [0, 0.1) is 24.1 Å². The van der Waals surface area contributed by atoms with E-state index in [0.29, 0.717) is 11.5 Å². The van der Waals surface area contributed by atoms with Gasteiger partial charge < -0.3 is 20.3 Å². The summed E-state index contributed by atoms with van der Waals surface area (Å²) in [4.78, 5) is 2.38. The zero-order valence-electron chi connectivity index (χ0n) is 18.1. The Labute approximate surface area is 189 Å². The number of benzene rings is 2. The third kappa shape index (κ3) is 4.29. The van der Waals surface area contributed by atoms with Gasteiger partial charge in [0.25, 0.3) is 0 Å². The number of nitrogens with one attached hydrogen (secondary N) is 2. The number of nitrogens with zero attached hydrogens (tertiary/aromatic N) is 1. The first-order chi connectivity index (χ1) is 15.7. The zero-order chi connectivity index (χ0) is 21.9. The van der Waals surface area contributed by atoms with Crippen LogP contribution in [0.2, 0.25) is 0 Å². The number of hydrogen-bond donors (Lipinski definition) is 2. The molecular weight excluding hydrogens is 401 g/mol. The Morgan fingerprint density at radius 3 is 2.81 bits per heavy atom. The smallest absolute Gasteiger partial charge is 0.139 e. The monoisotopic (exact) mass is 429 g/mol. The molecule has 2 aromatic rings. The van der Waals surface area contributed by atoms with Gasteiger partial charge in [0.15, 0.2) is 0 Å². The Bertz CT molecular complexity index is 1090. The molecule has 0 amide bonds. The lowest BCUT2D eigenvalue weighted by Crippen LogP contribution is -2.49. The van der Waals surface area contributed by atoms with Crippen LogP contribution in [0.15, 0.2) is 60.3 Å². The molecule has 164 valence electrons. The number of dihydropyridines is 1. The van der Waals surface area contributed by atoms with Crippen LogP contribution < -0.4 is 15.5 Å². The van der Waals surface area contributed by atoms with Crippen LogP contribution in [0.4, 0.5) is 10.1 Å². The maximum absolute atomic E-state index is 14.5. The molecule has 0 spiro atoms. The summed E-state index contributed by atoms with van der Waals surface area (Å²) in [6.07, 6.45) is 12.7. The minimum atomic E-state index is -0.354. The minimum Gasteiger partial charge on any atom is -0.387 e. The van der Waals surface area contributed by atoms with Crippen LogP contribution in [-0.2, 0) is 11.2 Å². The van der Waals surface area contributed by atoms with E-state index >= 15 is 0 Å². The van der Waals surface area contributed by atoms with Crippen molar-refractivity contribution < 1.29 is 9.13 Å². The summed E-state index contributed by atoms with van der Waals surface area (Å²) in [5.41, 5.74) is 5.96. The van der Waals surface area contributed by atoms with Gasteiger partial charge in [0.1, 0.15) is 5.82 Å². The maximum Gasteiger partial charge on any atom is 0.139 e.